The van der Waals surface area contributed by atoms with E-state index >= 15 is 0 Å². The van der Waals surface area contributed by atoms with Crippen molar-refractivity contribution < 1.29 is 31.9 Å². The van der Waals surface area contributed by atoms with Crippen LogP contribution in [-0.2, 0) is 22.9 Å². The molecule has 0 fully saturated rings. The number of ether oxygens (including phenoxy) is 2. The van der Waals surface area contributed by atoms with Crippen LogP contribution in [0.1, 0.15) is 28.3 Å². The van der Waals surface area contributed by atoms with Gasteiger partial charge in [-0.25, -0.2) is 0 Å². The summed E-state index contributed by atoms with van der Waals surface area (Å²) in [5.74, 6) is -0.322. The molecule has 168 valence electrons. The van der Waals surface area contributed by atoms with Crippen molar-refractivity contribution in [3.8, 4) is 11.5 Å². The Bertz CT molecular complexity index is 1350. The number of pyridine rings is 1. The molecule has 2 aromatic heterocycles. The third kappa shape index (κ3) is 2.68. The lowest BCUT2D eigenvalue weighted by Crippen LogP contribution is -2.47. The number of nitrogens with two attached hydrogens (primary N) is 1. The lowest BCUT2D eigenvalue weighted by Gasteiger charge is -2.32. The highest BCUT2D eigenvalue weighted by molar-refractivity contribution is 6.14. The number of benzene rings is 1. The van der Waals surface area contributed by atoms with Gasteiger partial charge in [-0.2, -0.15) is 13.2 Å². The summed E-state index contributed by atoms with van der Waals surface area (Å²) >= 11 is 0. The zero-order valence-corrected chi connectivity index (χ0v) is 16.8. The zero-order valence-electron chi connectivity index (χ0n) is 16.8. The van der Waals surface area contributed by atoms with Crippen molar-refractivity contribution in [2.75, 3.05) is 18.2 Å². The van der Waals surface area contributed by atoms with Crippen LogP contribution in [0.25, 0.3) is 0 Å². The summed E-state index contributed by atoms with van der Waals surface area (Å²) in [4.78, 5) is 24.2. The summed E-state index contributed by atoms with van der Waals surface area (Å²) in [6.07, 6.45) is -3.06. The average molecular weight is 456 g/mol. The standard InChI is InChI=1S/C22H15F3N4O4/c23-22(24,25)17-4-3-11(33-17)8-29-14-2-1-5-27-18(14)21(20(29)30)9-28-19(26)12-6-15-16(7-13(12)21)32-10-31-15/h1-7H,8-10H2,(H2,26,28). The number of rotatable bonds is 2. The van der Waals surface area contributed by atoms with Crippen LogP contribution in [0, 0.1) is 0 Å². The first-order valence-electron chi connectivity index (χ1n) is 9.97. The molecule has 1 unspecified atom stereocenters. The summed E-state index contributed by atoms with van der Waals surface area (Å²) in [5.41, 5.74) is 6.82. The first-order valence-corrected chi connectivity index (χ1v) is 9.97. The van der Waals surface area contributed by atoms with E-state index in [9.17, 15) is 18.0 Å². The molecule has 3 aromatic rings. The quantitative estimate of drug-likeness (QED) is 0.636. The minimum Gasteiger partial charge on any atom is -0.455 e. The number of aromatic nitrogens is 1. The van der Waals surface area contributed by atoms with E-state index in [4.69, 9.17) is 19.6 Å². The molecule has 2 N–H and O–H groups in total. The second-order valence-corrected chi connectivity index (χ2v) is 7.88. The molecule has 1 atom stereocenters. The molecule has 1 aromatic carbocycles. The highest BCUT2D eigenvalue weighted by Crippen LogP contribution is 2.50. The van der Waals surface area contributed by atoms with Gasteiger partial charge < -0.3 is 24.5 Å². The largest absolute Gasteiger partial charge is 0.455 e. The number of hydrogen-bond acceptors (Lipinski definition) is 7. The van der Waals surface area contributed by atoms with Crippen LogP contribution >= 0.6 is 0 Å². The lowest BCUT2D eigenvalue weighted by atomic mass is 9.74. The van der Waals surface area contributed by atoms with Crippen LogP contribution in [-0.4, -0.2) is 30.1 Å². The third-order valence-electron chi connectivity index (χ3n) is 6.08. The molecular weight excluding hydrogens is 441 g/mol. The molecule has 33 heavy (non-hydrogen) atoms. The predicted octanol–water partition coefficient (Wildman–Crippen LogP) is 2.97. The van der Waals surface area contributed by atoms with E-state index in [0.717, 1.165) is 6.07 Å². The Morgan fingerprint density at radius 3 is 2.70 bits per heavy atom. The van der Waals surface area contributed by atoms with Crippen molar-refractivity contribution >= 4 is 17.4 Å². The van der Waals surface area contributed by atoms with E-state index in [1.165, 1.54) is 11.0 Å². The Morgan fingerprint density at radius 1 is 1.15 bits per heavy atom. The van der Waals surface area contributed by atoms with Crippen LogP contribution in [0.3, 0.4) is 0 Å². The summed E-state index contributed by atoms with van der Waals surface area (Å²) in [6, 6.07) is 8.78. The van der Waals surface area contributed by atoms with E-state index < -0.39 is 23.3 Å². The van der Waals surface area contributed by atoms with Gasteiger partial charge in [-0.05, 0) is 42.0 Å². The highest BCUT2D eigenvalue weighted by Gasteiger charge is 2.56. The van der Waals surface area contributed by atoms with Gasteiger partial charge in [0, 0.05) is 11.8 Å². The number of nitrogens with zero attached hydrogens (tertiary/aromatic N) is 3. The molecule has 5 heterocycles. The van der Waals surface area contributed by atoms with Crippen LogP contribution in [0.5, 0.6) is 11.5 Å². The molecule has 3 aliphatic rings. The number of carbonyl (C=O) groups is 1. The van der Waals surface area contributed by atoms with Crippen molar-refractivity contribution in [2.24, 2.45) is 10.7 Å². The minimum absolute atomic E-state index is 0.00319. The van der Waals surface area contributed by atoms with E-state index in [2.05, 4.69) is 9.98 Å². The van der Waals surface area contributed by atoms with Gasteiger partial charge in [-0.1, -0.05) is 0 Å². The maximum Gasteiger partial charge on any atom is 0.449 e. The Balaban J connectivity index is 1.49. The fraction of sp³-hybridized carbons (Fsp3) is 0.227. The Labute approximate surface area is 184 Å². The molecule has 1 spiro atoms. The number of alkyl halides is 3. The average Bonchev–Trinajstić information content (AvgIpc) is 3.50. The SMILES string of the molecule is NC1=NCC2(C(=O)N(Cc3ccc(C(F)(F)F)o3)c3cccnc32)c2cc3c(cc21)OCO3. The van der Waals surface area contributed by atoms with Gasteiger partial charge in [-0.15, -0.1) is 0 Å². The monoisotopic (exact) mass is 456 g/mol. The molecule has 0 saturated carbocycles. The van der Waals surface area contributed by atoms with Crippen molar-refractivity contribution in [1.29, 1.82) is 0 Å². The predicted molar refractivity (Wildman–Crippen MR) is 108 cm³/mol. The summed E-state index contributed by atoms with van der Waals surface area (Å²) in [5, 5.41) is 0. The van der Waals surface area contributed by atoms with Crippen molar-refractivity contribution in [1.82, 2.24) is 4.98 Å². The number of aliphatic imine (C=N–C) groups is 1. The lowest BCUT2D eigenvalue weighted by molar-refractivity contribution is -0.153. The fourth-order valence-electron chi connectivity index (χ4n) is 4.58. The fourth-order valence-corrected chi connectivity index (χ4v) is 4.58. The van der Waals surface area contributed by atoms with Gasteiger partial charge in [0.1, 0.15) is 17.0 Å². The topological polar surface area (TPSA) is 103 Å². The zero-order chi connectivity index (χ0) is 23.0. The molecule has 0 saturated heterocycles. The summed E-state index contributed by atoms with van der Waals surface area (Å²) < 4.78 is 54.9. The molecule has 0 bridgehead atoms. The van der Waals surface area contributed by atoms with Crippen molar-refractivity contribution in [3.63, 3.8) is 0 Å². The summed E-state index contributed by atoms with van der Waals surface area (Å²) in [6.45, 7) is -0.164. The van der Waals surface area contributed by atoms with E-state index in [0.29, 0.717) is 34.0 Å². The van der Waals surface area contributed by atoms with Crippen LogP contribution in [0.15, 0.2) is 52.0 Å². The van der Waals surface area contributed by atoms with Gasteiger partial charge in [0.25, 0.3) is 0 Å². The number of carbonyl (C=O) groups excluding carboxylic acids is 1. The second kappa shape index (κ2) is 6.50. The Kier molecular flexibility index (Phi) is 3.87. The smallest absolute Gasteiger partial charge is 0.449 e. The summed E-state index contributed by atoms with van der Waals surface area (Å²) in [7, 11) is 0. The highest BCUT2D eigenvalue weighted by atomic mass is 19.4. The number of furan rings is 1. The molecule has 11 heteroatoms. The second-order valence-electron chi connectivity index (χ2n) is 7.88. The molecule has 1 amide bonds. The molecule has 3 aliphatic heterocycles. The third-order valence-corrected chi connectivity index (χ3v) is 6.08. The first-order chi connectivity index (χ1) is 15.8. The van der Waals surface area contributed by atoms with Crippen LogP contribution in [0.2, 0.25) is 0 Å². The normalized spacial score (nSPS) is 20.8. The molecule has 8 nitrogen and oxygen atoms in total. The molecule has 6 rings (SSSR count). The van der Waals surface area contributed by atoms with Gasteiger partial charge in [0.2, 0.25) is 18.5 Å². The molecule has 0 aliphatic carbocycles. The first kappa shape index (κ1) is 19.6. The van der Waals surface area contributed by atoms with Gasteiger partial charge in [0.05, 0.1) is 24.5 Å². The maximum absolute atomic E-state index is 14.0. The Hall–Kier alpha value is -4.02. The number of amides is 1. The number of amidine groups is 1. The van der Waals surface area contributed by atoms with E-state index in [1.807, 2.05) is 0 Å². The molecule has 0 radical (unpaired) electrons. The number of fused-ring (bicyclic) bond motifs is 5. The van der Waals surface area contributed by atoms with E-state index in [1.54, 1.807) is 30.5 Å². The van der Waals surface area contributed by atoms with Gasteiger partial charge >= 0.3 is 6.18 Å². The number of halogens is 3. The van der Waals surface area contributed by atoms with Crippen molar-refractivity contribution in [3.05, 3.63) is 70.9 Å². The number of anilines is 1. The van der Waals surface area contributed by atoms with Crippen LogP contribution < -0.4 is 20.1 Å². The number of hydrogen-bond donors (Lipinski definition) is 1. The minimum atomic E-state index is -4.62. The maximum atomic E-state index is 14.0. The van der Waals surface area contributed by atoms with Crippen molar-refractivity contribution in [2.45, 2.75) is 18.1 Å². The van der Waals surface area contributed by atoms with E-state index in [-0.39, 0.29) is 31.5 Å². The Morgan fingerprint density at radius 2 is 1.94 bits per heavy atom. The molecular formula is C22H15F3N4O4. The van der Waals surface area contributed by atoms with Gasteiger partial charge in [-0.3, -0.25) is 14.8 Å². The van der Waals surface area contributed by atoms with Gasteiger partial charge in [0.15, 0.2) is 11.5 Å². The van der Waals surface area contributed by atoms with Crippen LogP contribution in [0.4, 0.5) is 18.9 Å².